The predicted octanol–water partition coefficient (Wildman–Crippen LogP) is 4.18. The summed E-state index contributed by atoms with van der Waals surface area (Å²) in [6.07, 6.45) is 0.327. The Balaban J connectivity index is 3.25. The third-order valence-corrected chi connectivity index (χ3v) is 3.22. The first-order valence-corrected chi connectivity index (χ1v) is 7.98. The Morgan fingerprint density at radius 1 is 0.833 bits per heavy atom. The number of carbonyl (C=O) groups excluding carboxylic acids is 3. The van der Waals surface area contributed by atoms with E-state index in [0.29, 0.717) is 12.0 Å². The highest BCUT2D eigenvalue weighted by molar-refractivity contribution is 5.96. The van der Waals surface area contributed by atoms with Crippen LogP contribution in [0.5, 0.6) is 11.5 Å². The van der Waals surface area contributed by atoms with E-state index in [0.717, 1.165) is 0 Å². The first-order valence-electron chi connectivity index (χ1n) is 7.98. The number of esters is 2. The molecule has 0 saturated carbocycles. The maximum atomic E-state index is 12.2. The average molecular weight is 334 g/mol. The summed E-state index contributed by atoms with van der Waals surface area (Å²) in [4.78, 5) is 36.2. The van der Waals surface area contributed by atoms with Gasteiger partial charge in [-0.3, -0.25) is 14.4 Å². The quantitative estimate of drug-likeness (QED) is 0.469. The van der Waals surface area contributed by atoms with Crippen molar-refractivity contribution in [2.75, 3.05) is 0 Å². The molecule has 0 saturated heterocycles. The SMILES string of the molecule is CCC(=O)c1ccc(OC(=O)C(C)(C)C)c(OC(=O)C(C)(C)C)c1. The molecule has 0 aliphatic heterocycles. The molecule has 132 valence electrons. The summed E-state index contributed by atoms with van der Waals surface area (Å²) < 4.78 is 10.8. The summed E-state index contributed by atoms with van der Waals surface area (Å²) in [6, 6.07) is 4.49. The third kappa shape index (κ3) is 5.18. The van der Waals surface area contributed by atoms with E-state index in [-0.39, 0.29) is 17.3 Å². The maximum Gasteiger partial charge on any atom is 0.316 e. The van der Waals surface area contributed by atoms with Crippen molar-refractivity contribution in [2.24, 2.45) is 10.8 Å². The molecule has 0 radical (unpaired) electrons. The van der Waals surface area contributed by atoms with Gasteiger partial charge in [0.15, 0.2) is 17.3 Å². The minimum absolute atomic E-state index is 0.0758. The standard InChI is InChI=1S/C19H26O5/c1-8-13(20)12-9-10-14(23-16(21)18(2,3)4)15(11-12)24-17(22)19(5,6)7/h9-11H,8H2,1-7H3. The fourth-order valence-corrected chi connectivity index (χ4v) is 1.56. The number of ketones is 1. The lowest BCUT2D eigenvalue weighted by atomic mass is 9.97. The van der Waals surface area contributed by atoms with Crippen LogP contribution in [0, 0.1) is 10.8 Å². The van der Waals surface area contributed by atoms with Gasteiger partial charge in [0.1, 0.15) is 0 Å². The molecule has 0 aromatic heterocycles. The molecule has 1 aromatic rings. The molecule has 0 bridgehead atoms. The molecule has 1 rings (SSSR count). The van der Waals surface area contributed by atoms with Crippen molar-refractivity contribution < 1.29 is 23.9 Å². The van der Waals surface area contributed by atoms with Gasteiger partial charge in [0.2, 0.25) is 0 Å². The molecule has 1 aromatic carbocycles. The fraction of sp³-hybridized carbons (Fsp3) is 0.526. The van der Waals surface area contributed by atoms with Gasteiger partial charge in [-0.2, -0.15) is 0 Å². The van der Waals surface area contributed by atoms with Crippen LogP contribution in [0.2, 0.25) is 0 Å². The van der Waals surface area contributed by atoms with Crippen molar-refractivity contribution in [3.8, 4) is 11.5 Å². The van der Waals surface area contributed by atoms with Gasteiger partial charge in [0.25, 0.3) is 0 Å². The smallest absolute Gasteiger partial charge is 0.316 e. The second-order valence-corrected chi connectivity index (χ2v) is 7.72. The zero-order chi connectivity index (χ0) is 18.7. The van der Waals surface area contributed by atoms with Crippen LogP contribution in [0.25, 0.3) is 0 Å². The Morgan fingerprint density at radius 3 is 1.71 bits per heavy atom. The summed E-state index contributed by atoms with van der Waals surface area (Å²) in [5, 5.41) is 0. The molecule has 0 heterocycles. The Labute approximate surface area is 143 Å². The maximum absolute atomic E-state index is 12.2. The highest BCUT2D eigenvalue weighted by atomic mass is 16.6. The molecule has 5 nitrogen and oxygen atoms in total. The average Bonchev–Trinajstić information content (AvgIpc) is 2.45. The van der Waals surface area contributed by atoms with Gasteiger partial charge < -0.3 is 9.47 Å². The number of carbonyl (C=O) groups is 3. The van der Waals surface area contributed by atoms with Crippen LogP contribution in [-0.2, 0) is 9.59 Å². The second-order valence-electron chi connectivity index (χ2n) is 7.72. The Kier molecular flexibility index (Phi) is 5.93. The van der Waals surface area contributed by atoms with Crippen molar-refractivity contribution in [3.05, 3.63) is 23.8 Å². The summed E-state index contributed by atoms with van der Waals surface area (Å²) >= 11 is 0. The molecule has 24 heavy (non-hydrogen) atoms. The minimum atomic E-state index is -0.726. The molecule has 0 aliphatic rings. The molecule has 0 spiro atoms. The predicted molar refractivity (Wildman–Crippen MR) is 91.2 cm³/mol. The number of ether oxygens (including phenoxy) is 2. The zero-order valence-corrected chi connectivity index (χ0v) is 15.5. The number of hydrogen-bond acceptors (Lipinski definition) is 5. The first-order chi connectivity index (χ1) is 10.9. The molecule has 0 atom stereocenters. The highest BCUT2D eigenvalue weighted by Crippen LogP contribution is 2.32. The number of rotatable bonds is 4. The van der Waals surface area contributed by atoms with Crippen molar-refractivity contribution in [1.82, 2.24) is 0 Å². The van der Waals surface area contributed by atoms with E-state index >= 15 is 0 Å². The lowest BCUT2D eigenvalue weighted by Crippen LogP contribution is -2.28. The zero-order valence-electron chi connectivity index (χ0n) is 15.5. The summed E-state index contributed by atoms with van der Waals surface area (Å²) in [7, 11) is 0. The van der Waals surface area contributed by atoms with Crippen molar-refractivity contribution in [2.45, 2.75) is 54.9 Å². The molecule has 0 amide bonds. The summed E-state index contributed by atoms with van der Waals surface area (Å²) in [5.41, 5.74) is -1.02. The third-order valence-electron chi connectivity index (χ3n) is 3.22. The van der Waals surface area contributed by atoms with E-state index in [1.807, 2.05) is 0 Å². The van der Waals surface area contributed by atoms with Crippen LogP contribution in [0.15, 0.2) is 18.2 Å². The highest BCUT2D eigenvalue weighted by Gasteiger charge is 2.28. The monoisotopic (exact) mass is 334 g/mol. The van der Waals surface area contributed by atoms with Crippen LogP contribution in [0.3, 0.4) is 0 Å². The Bertz CT molecular complexity index is 645. The normalized spacial score (nSPS) is 11.8. The molecular formula is C19H26O5. The topological polar surface area (TPSA) is 69.7 Å². The molecule has 0 fully saturated rings. The van der Waals surface area contributed by atoms with Crippen LogP contribution < -0.4 is 9.47 Å². The lowest BCUT2D eigenvalue weighted by molar-refractivity contribution is -0.145. The lowest BCUT2D eigenvalue weighted by Gasteiger charge is -2.20. The van der Waals surface area contributed by atoms with Crippen LogP contribution in [0.1, 0.15) is 65.2 Å². The van der Waals surface area contributed by atoms with Gasteiger partial charge in [-0.15, -0.1) is 0 Å². The number of hydrogen-bond donors (Lipinski definition) is 0. The Hall–Kier alpha value is -2.17. The van der Waals surface area contributed by atoms with E-state index in [1.54, 1.807) is 54.5 Å². The van der Waals surface area contributed by atoms with Gasteiger partial charge in [0.05, 0.1) is 10.8 Å². The number of Topliss-reactive ketones (excluding diaryl/α,β-unsaturated/α-hetero) is 1. The Morgan fingerprint density at radius 2 is 1.29 bits per heavy atom. The van der Waals surface area contributed by atoms with E-state index in [9.17, 15) is 14.4 Å². The molecule has 0 unspecified atom stereocenters. The van der Waals surface area contributed by atoms with Gasteiger partial charge >= 0.3 is 11.9 Å². The van der Waals surface area contributed by atoms with Crippen molar-refractivity contribution in [3.63, 3.8) is 0 Å². The van der Waals surface area contributed by atoms with Gasteiger partial charge in [-0.05, 0) is 59.7 Å². The molecule has 5 heteroatoms. The second kappa shape index (κ2) is 7.16. The minimum Gasteiger partial charge on any atom is -0.422 e. The summed E-state index contributed by atoms with van der Waals surface area (Å²) in [6.45, 7) is 12.1. The largest absolute Gasteiger partial charge is 0.422 e. The van der Waals surface area contributed by atoms with Crippen LogP contribution >= 0.6 is 0 Å². The van der Waals surface area contributed by atoms with Crippen LogP contribution in [0.4, 0.5) is 0 Å². The molecule has 0 N–H and O–H groups in total. The van der Waals surface area contributed by atoms with E-state index in [4.69, 9.17) is 9.47 Å². The van der Waals surface area contributed by atoms with Crippen molar-refractivity contribution >= 4 is 17.7 Å². The molecular weight excluding hydrogens is 308 g/mol. The molecule has 0 aliphatic carbocycles. The van der Waals surface area contributed by atoms with E-state index in [2.05, 4.69) is 0 Å². The van der Waals surface area contributed by atoms with E-state index < -0.39 is 22.8 Å². The summed E-state index contributed by atoms with van der Waals surface area (Å²) in [5.74, 6) is -0.814. The van der Waals surface area contributed by atoms with Gasteiger partial charge in [-0.25, -0.2) is 0 Å². The van der Waals surface area contributed by atoms with Gasteiger partial charge in [0, 0.05) is 12.0 Å². The van der Waals surface area contributed by atoms with Crippen molar-refractivity contribution in [1.29, 1.82) is 0 Å². The van der Waals surface area contributed by atoms with Gasteiger partial charge in [-0.1, -0.05) is 6.92 Å². The van der Waals surface area contributed by atoms with Crippen LogP contribution in [-0.4, -0.2) is 17.7 Å². The fourth-order valence-electron chi connectivity index (χ4n) is 1.56. The first kappa shape index (κ1) is 19.9. The number of benzene rings is 1. The van der Waals surface area contributed by atoms with E-state index in [1.165, 1.54) is 12.1 Å².